The average Bonchev–Trinajstić information content (AvgIpc) is 2.56. The van der Waals surface area contributed by atoms with Gasteiger partial charge in [-0.15, -0.1) is 0 Å². The summed E-state index contributed by atoms with van der Waals surface area (Å²) >= 11 is 0. The molecule has 2 N–H and O–H groups in total. The number of hydrogen-bond acceptors (Lipinski definition) is 3. The van der Waals surface area contributed by atoms with Crippen LogP contribution in [0.1, 0.15) is 22.8 Å². The summed E-state index contributed by atoms with van der Waals surface area (Å²) in [6.45, 7) is 1.60. The minimum Gasteiger partial charge on any atom is -0.480 e. The van der Waals surface area contributed by atoms with Crippen molar-refractivity contribution in [1.29, 1.82) is 0 Å². The highest BCUT2D eigenvalue weighted by atomic mass is 16.4. The molecule has 1 aliphatic heterocycles. The third-order valence-electron chi connectivity index (χ3n) is 2.90. The molecule has 2 atom stereocenters. The van der Waals surface area contributed by atoms with Gasteiger partial charge in [0.1, 0.15) is 0 Å². The Balaban J connectivity index is 2.33. The monoisotopic (exact) mass is 235 g/mol. The van der Waals surface area contributed by atoms with E-state index in [0.29, 0.717) is 5.56 Å². The lowest BCUT2D eigenvalue weighted by atomic mass is 10.1. The smallest absolute Gasteiger partial charge is 0.329 e. The summed E-state index contributed by atoms with van der Waals surface area (Å²) in [6, 6.07) is 5.79. The summed E-state index contributed by atoms with van der Waals surface area (Å²) < 4.78 is 0. The number of carbonyl (C=O) groups excluding carboxylic acids is 1. The van der Waals surface area contributed by atoms with Crippen molar-refractivity contribution in [2.45, 2.75) is 25.6 Å². The third kappa shape index (κ3) is 1.89. The van der Waals surface area contributed by atoms with Crippen LogP contribution >= 0.6 is 0 Å². The highest BCUT2D eigenvalue weighted by Gasteiger charge is 2.38. The van der Waals surface area contributed by atoms with Crippen LogP contribution in [0.15, 0.2) is 24.3 Å². The Bertz CT molecular complexity index is 469. The standard InChI is InChI=1S/C12H13NO4/c1-7(14)10(12(16)17)13-6-8-4-2-3-5-9(8)11(13)15/h2-5,7,10,14H,6H2,1H3,(H,16,17). The van der Waals surface area contributed by atoms with Crippen LogP contribution in [-0.4, -0.2) is 39.1 Å². The number of fused-ring (bicyclic) bond motifs is 1. The largest absolute Gasteiger partial charge is 0.480 e. The molecule has 0 aromatic heterocycles. The predicted octanol–water partition coefficient (Wildman–Crippen LogP) is 0.476. The number of carbonyl (C=O) groups is 2. The SMILES string of the molecule is CC(O)C(C(=O)O)N1Cc2ccccc2C1=O. The summed E-state index contributed by atoms with van der Waals surface area (Å²) in [5.41, 5.74) is 1.31. The summed E-state index contributed by atoms with van der Waals surface area (Å²) in [6.07, 6.45) is -1.11. The van der Waals surface area contributed by atoms with Gasteiger partial charge in [0.15, 0.2) is 6.04 Å². The van der Waals surface area contributed by atoms with E-state index in [0.717, 1.165) is 5.56 Å². The van der Waals surface area contributed by atoms with Gasteiger partial charge in [0.25, 0.3) is 5.91 Å². The lowest BCUT2D eigenvalue weighted by Crippen LogP contribution is -2.48. The molecule has 0 spiro atoms. The molecule has 5 nitrogen and oxygen atoms in total. The highest BCUT2D eigenvalue weighted by Crippen LogP contribution is 2.25. The molecule has 1 aliphatic rings. The van der Waals surface area contributed by atoms with Gasteiger partial charge in [-0.3, -0.25) is 4.79 Å². The number of amides is 1. The van der Waals surface area contributed by atoms with E-state index < -0.39 is 18.1 Å². The summed E-state index contributed by atoms with van der Waals surface area (Å²) in [4.78, 5) is 24.3. The van der Waals surface area contributed by atoms with Gasteiger partial charge < -0.3 is 15.1 Å². The number of aliphatic carboxylic acids is 1. The van der Waals surface area contributed by atoms with Crippen molar-refractivity contribution in [2.24, 2.45) is 0 Å². The van der Waals surface area contributed by atoms with Gasteiger partial charge in [0.2, 0.25) is 0 Å². The van der Waals surface area contributed by atoms with Crippen molar-refractivity contribution >= 4 is 11.9 Å². The Labute approximate surface area is 98.3 Å². The second-order valence-electron chi connectivity index (χ2n) is 4.11. The van der Waals surface area contributed by atoms with Gasteiger partial charge in [-0.05, 0) is 18.6 Å². The number of hydrogen-bond donors (Lipinski definition) is 2. The molecule has 1 aromatic carbocycles. The molecule has 0 aliphatic carbocycles. The second kappa shape index (κ2) is 4.18. The number of carboxylic acids is 1. The van der Waals surface area contributed by atoms with E-state index in [1.54, 1.807) is 24.3 Å². The first-order valence-corrected chi connectivity index (χ1v) is 5.32. The Morgan fingerprint density at radius 1 is 1.41 bits per heavy atom. The average molecular weight is 235 g/mol. The van der Waals surface area contributed by atoms with E-state index in [-0.39, 0.29) is 12.5 Å². The third-order valence-corrected chi connectivity index (χ3v) is 2.90. The van der Waals surface area contributed by atoms with E-state index in [1.807, 2.05) is 0 Å². The van der Waals surface area contributed by atoms with Gasteiger partial charge >= 0.3 is 5.97 Å². The molecule has 2 unspecified atom stereocenters. The Morgan fingerprint density at radius 3 is 2.59 bits per heavy atom. The van der Waals surface area contributed by atoms with Crippen LogP contribution in [0.5, 0.6) is 0 Å². The van der Waals surface area contributed by atoms with E-state index in [2.05, 4.69) is 0 Å². The normalized spacial score (nSPS) is 17.8. The number of aliphatic hydroxyl groups is 1. The fourth-order valence-corrected chi connectivity index (χ4v) is 2.10. The zero-order valence-electron chi connectivity index (χ0n) is 9.33. The van der Waals surface area contributed by atoms with Crippen molar-refractivity contribution in [2.75, 3.05) is 0 Å². The number of benzene rings is 1. The van der Waals surface area contributed by atoms with Crippen LogP contribution < -0.4 is 0 Å². The highest BCUT2D eigenvalue weighted by molar-refractivity contribution is 6.00. The number of nitrogens with zero attached hydrogens (tertiary/aromatic N) is 1. The van der Waals surface area contributed by atoms with Crippen LogP contribution in [0, 0.1) is 0 Å². The fourth-order valence-electron chi connectivity index (χ4n) is 2.10. The molecule has 1 heterocycles. The first-order valence-electron chi connectivity index (χ1n) is 5.32. The molecule has 0 fully saturated rings. The molecule has 1 aromatic rings. The molecular weight excluding hydrogens is 222 g/mol. The quantitative estimate of drug-likeness (QED) is 0.798. The van der Waals surface area contributed by atoms with E-state index >= 15 is 0 Å². The van der Waals surface area contributed by atoms with Crippen LogP contribution in [0.2, 0.25) is 0 Å². The minimum absolute atomic E-state index is 0.233. The minimum atomic E-state index is -1.20. The molecule has 0 bridgehead atoms. The Hall–Kier alpha value is -1.88. The molecule has 90 valence electrons. The second-order valence-corrected chi connectivity index (χ2v) is 4.11. The lowest BCUT2D eigenvalue weighted by molar-refractivity contribution is -0.146. The van der Waals surface area contributed by atoms with Crippen LogP contribution in [0.4, 0.5) is 0 Å². The molecule has 0 saturated carbocycles. The van der Waals surface area contributed by atoms with Crippen molar-refractivity contribution in [1.82, 2.24) is 4.90 Å². The van der Waals surface area contributed by atoms with E-state index in [4.69, 9.17) is 5.11 Å². The molecule has 2 rings (SSSR count). The maximum atomic E-state index is 12.0. The van der Waals surface area contributed by atoms with Gasteiger partial charge in [-0.2, -0.15) is 0 Å². The van der Waals surface area contributed by atoms with Crippen molar-refractivity contribution in [3.8, 4) is 0 Å². The predicted molar refractivity (Wildman–Crippen MR) is 59.4 cm³/mol. The van der Waals surface area contributed by atoms with Crippen LogP contribution in [0.3, 0.4) is 0 Å². The van der Waals surface area contributed by atoms with Gasteiger partial charge in [0, 0.05) is 12.1 Å². The van der Waals surface area contributed by atoms with Crippen LogP contribution in [-0.2, 0) is 11.3 Å². The maximum Gasteiger partial charge on any atom is 0.329 e. The van der Waals surface area contributed by atoms with E-state index in [9.17, 15) is 14.7 Å². The van der Waals surface area contributed by atoms with Gasteiger partial charge in [-0.25, -0.2) is 4.79 Å². The van der Waals surface area contributed by atoms with Crippen molar-refractivity contribution in [3.63, 3.8) is 0 Å². The number of carboxylic acid groups (broad SMARTS) is 1. The molecule has 1 amide bonds. The van der Waals surface area contributed by atoms with Crippen LogP contribution in [0.25, 0.3) is 0 Å². The molecule has 17 heavy (non-hydrogen) atoms. The maximum absolute atomic E-state index is 12.0. The van der Waals surface area contributed by atoms with Gasteiger partial charge in [-0.1, -0.05) is 18.2 Å². The first kappa shape index (κ1) is 11.6. The summed E-state index contributed by atoms with van der Waals surface area (Å²) in [5, 5.41) is 18.5. The number of aliphatic hydroxyl groups excluding tert-OH is 1. The van der Waals surface area contributed by atoms with E-state index in [1.165, 1.54) is 11.8 Å². The van der Waals surface area contributed by atoms with Crippen molar-refractivity contribution in [3.05, 3.63) is 35.4 Å². The zero-order chi connectivity index (χ0) is 12.6. The Kier molecular flexibility index (Phi) is 2.85. The first-order chi connectivity index (χ1) is 8.02. The lowest BCUT2D eigenvalue weighted by Gasteiger charge is -2.26. The summed E-state index contributed by atoms with van der Waals surface area (Å²) in [5.74, 6) is -1.53. The zero-order valence-corrected chi connectivity index (χ0v) is 9.33. The molecular formula is C12H13NO4. The molecule has 5 heteroatoms. The topological polar surface area (TPSA) is 77.8 Å². The fraction of sp³-hybridized carbons (Fsp3) is 0.333. The number of rotatable bonds is 3. The van der Waals surface area contributed by atoms with Crippen molar-refractivity contribution < 1.29 is 19.8 Å². The summed E-state index contributed by atoms with van der Waals surface area (Å²) in [7, 11) is 0. The molecule has 0 saturated heterocycles. The van der Waals surface area contributed by atoms with Gasteiger partial charge in [0.05, 0.1) is 6.10 Å². The Morgan fingerprint density at radius 2 is 2.06 bits per heavy atom. The molecule has 0 radical (unpaired) electrons.